The minimum Gasteiger partial charge on any atom is -0.508 e. The molecule has 23 heavy (non-hydrogen) atoms. The van der Waals surface area contributed by atoms with Crippen molar-refractivity contribution >= 4 is 13.5 Å². The first-order valence-corrected chi connectivity index (χ1v) is 8.92. The molecule has 1 unspecified atom stereocenters. The lowest BCUT2D eigenvalue weighted by Gasteiger charge is -2.17. The molecule has 1 atom stereocenters. The molecule has 0 saturated carbocycles. The summed E-state index contributed by atoms with van der Waals surface area (Å²) in [4.78, 5) is 18.0. The number of phenolic OH excluding ortho intramolecular Hbond substituents is 1. The second-order valence-corrected chi connectivity index (χ2v) is 6.71. The van der Waals surface area contributed by atoms with E-state index in [-0.39, 0.29) is 17.4 Å². The van der Waals surface area contributed by atoms with Gasteiger partial charge in [0, 0.05) is 5.92 Å². The fourth-order valence-electron chi connectivity index (χ4n) is 2.49. The lowest BCUT2D eigenvalue weighted by Crippen LogP contribution is -2.14. The molecule has 4 N–H and O–H groups in total. The first kappa shape index (κ1) is 17.5. The Hall–Kier alpha value is -1.88. The summed E-state index contributed by atoms with van der Waals surface area (Å²) >= 11 is 0. The highest BCUT2D eigenvalue weighted by Crippen LogP contribution is 2.38. The minimum atomic E-state index is -4.48. The molecule has 0 saturated heterocycles. The summed E-state index contributed by atoms with van der Waals surface area (Å²) in [5, 5.41) is 18.8. The Kier molecular flexibility index (Phi) is 5.77. The van der Waals surface area contributed by atoms with Crippen LogP contribution < -0.4 is 0 Å². The van der Waals surface area contributed by atoms with E-state index in [1.165, 1.54) is 12.2 Å². The number of aliphatic hydroxyl groups is 1. The highest BCUT2D eigenvalue weighted by Gasteiger charge is 2.20. The van der Waals surface area contributed by atoms with Gasteiger partial charge < -0.3 is 20.0 Å². The van der Waals surface area contributed by atoms with Gasteiger partial charge in [-0.1, -0.05) is 18.6 Å². The zero-order valence-electron chi connectivity index (χ0n) is 12.5. The molecular formula is C16H20NO5P. The predicted octanol–water partition coefficient (Wildman–Crippen LogP) is 3.27. The van der Waals surface area contributed by atoms with Crippen molar-refractivity contribution in [2.24, 2.45) is 10.7 Å². The van der Waals surface area contributed by atoms with E-state index < -0.39 is 7.75 Å². The number of aliphatic hydroxyl groups excluding tert-OH is 1. The van der Waals surface area contributed by atoms with Gasteiger partial charge in [-0.15, -0.1) is 0 Å². The van der Waals surface area contributed by atoms with Crippen molar-refractivity contribution in [2.45, 2.75) is 25.7 Å². The molecule has 0 radical (unpaired) electrons. The molecule has 0 heterocycles. The third kappa shape index (κ3) is 6.02. The standard InChI is InChI=1S/C16H20NO5P/c18-14-7-5-12(6-8-14)3-1-2-4-13-11-15(19)9-10-16(13)17-23(20,21)22/h5-11,13,18-19H,1-4H2,(H2,20,21,22). The zero-order valence-corrected chi connectivity index (χ0v) is 13.4. The number of allylic oxidation sites excluding steroid dienone is 3. The smallest absolute Gasteiger partial charge is 0.448 e. The molecule has 1 aliphatic rings. The topological polar surface area (TPSA) is 110 Å². The second-order valence-electron chi connectivity index (χ2n) is 5.48. The van der Waals surface area contributed by atoms with E-state index in [0.29, 0.717) is 12.1 Å². The van der Waals surface area contributed by atoms with Crippen LogP contribution in [0.25, 0.3) is 0 Å². The van der Waals surface area contributed by atoms with Crippen LogP contribution in [0.4, 0.5) is 0 Å². The molecule has 6 nitrogen and oxygen atoms in total. The van der Waals surface area contributed by atoms with Crippen molar-refractivity contribution in [3.8, 4) is 5.75 Å². The van der Waals surface area contributed by atoms with Gasteiger partial charge in [-0.05, 0) is 55.2 Å². The van der Waals surface area contributed by atoms with Crippen LogP contribution in [0.1, 0.15) is 24.8 Å². The Labute approximate surface area is 134 Å². The Morgan fingerprint density at radius 3 is 2.39 bits per heavy atom. The van der Waals surface area contributed by atoms with Crippen LogP contribution in [0.3, 0.4) is 0 Å². The predicted molar refractivity (Wildman–Crippen MR) is 88.5 cm³/mol. The second kappa shape index (κ2) is 7.59. The van der Waals surface area contributed by atoms with Crippen molar-refractivity contribution in [3.63, 3.8) is 0 Å². The van der Waals surface area contributed by atoms with Gasteiger partial charge in [-0.25, -0.2) is 4.57 Å². The van der Waals surface area contributed by atoms with Crippen LogP contribution >= 0.6 is 7.75 Å². The number of nitrogens with zero attached hydrogens (tertiary/aromatic N) is 1. The maximum Gasteiger partial charge on any atom is 0.448 e. The van der Waals surface area contributed by atoms with E-state index in [4.69, 9.17) is 9.79 Å². The molecule has 1 aliphatic carbocycles. The van der Waals surface area contributed by atoms with Gasteiger partial charge in [-0.3, -0.25) is 0 Å². The van der Waals surface area contributed by atoms with Crippen molar-refractivity contribution < 1.29 is 24.6 Å². The molecular weight excluding hydrogens is 317 g/mol. The molecule has 0 fully saturated rings. The number of rotatable bonds is 6. The molecule has 2 rings (SSSR count). The first-order chi connectivity index (χ1) is 10.8. The van der Waals surface area contributed by atoms with Crippen molar-refractivity contribution in [3.05, 3.63) is 53.8 Å². The largest absolute Gasteiger partial charge is 0.508 e. The third-order valence-electron chi connectivity index (χ3n) is 3.59. The molecule has 1 aromatic rings. The molecule has 0 bridgehead atoms. The van der Waals surface area contributed by atoms with Gasteiger partial charge in [0.05, 0.1) is 5.71 Å². The average Bonchev–Trinajstić information content (AvgIpc) is 2.47. The molecule has 0 amide bonds. The molecule has 0 aliphatic heterocycles. The maximum atomic E-state index is 11.0. The van der Waals surface area contributed by atoms with E-state index in [9.17, 15) is 14.8 Å². The van der Waals surface area contributed by atoms with Crippen molar-refractivity contribution in [1.82, 2.24) is 0 Å². The SMILES string of the molecule is O=P(O)(O)N=C1C=CC(O)=CC1CCCCc1ccc(O)cc1. The van der Waals surface area contributed by atoms with Crippen LogP contribution in [-0.4, -0.2) is 25.7 Å². The molecule has 1 aromatic carbocycles. The highest BCUT2D eigenvalue weighted by molar-refractivity contribution is 7.50. The Bertz CT molecular complexity index is 672. The van der Waals surface area contributed by atoms with Gasteiger partial charge in [-0.2, -0.15) is 4.76 Å². The molecule has 124 valence electrons. The molecule has 7 heteroatoms. The van der Waals surface area contributed by atoms with Crippen LogP contribution in [0.5, 0.6) is 5.75 Å². The average molecular weight is 337 g/mol. The van der Waals surface area contributed by atoms with Crippen molar-refractivity contribution in [2.75, 3.05) is 0 Å². The number of aromatic hydroxyl groups is 1. The van der Waals surface area contributed by atoms with E-state index in [1.807, 2.05) is 12.1 Å². The quantitative estimate of drug-likeness (QED) is 0.470. The maximum absolute atomic E-state index is 11.0. The fraction of sp³-hybridized carbons (Fsp3) is 0.312. The van der Waals surface area contributed by atoms with Crippen LogP contribution in [-0.2, 0) is 11.0 Å². The highest BCUT2D eigenvalue weighted by atomic mass is 31.2. The summed E-state index contributed by atoms with van der Waals surface area (Å²) in [5.74, 6) is 0.0206. The third-order valence-corrected chi connectivity index (χ3v) is 4.08. The van der Waals surface area contributed by atoms with Crippen LogP contribution in [0, 0.1) is 5.92 Å². The first-order valence-electron chi connectivity index (χ1n) is 7.36. The summed E-state index contributed by atoms with van der Waals surface area (Å²) in [5.41, 5.74) is 1.41. The Morgan fingerprint density at radius 2 is 1.74 bits per heavy atom. The van der Waals surface area contributed by atoms with Crippen LogP contribution in [0.15, 0.2) is 53.0 Å². The van der Waals surface area contributed by atoms with Gasteiger partial charge >= 0.3 is 7.75 Å². The number of hydrogen-bond donors (Lipinski definition) is 4. The van der Waals surface area contributed by atoms with Crippen molar-refractivity contribution in [1.29, 1.82) is 0 Å². The van der Waals surface area contributed by atoms with E-state index in [0.717, 1.165) is 24.8 Å². The number of phenols is 1. The van der Waals surface area contributed by atoms with Gasteiger partial charge in [0.15, 0.2) is 0 Å². The van der Waals surface area contributed by atoms with Gasteiger partial charge in [0.2, 0.25) is 0 Å². The van der Waals surface area contributed by atoms with Gasteiger partial charge in [0.1, 0.15) is 11.5 Å². The Morgan fingerprint density at radius 1 is 1.04 bits per heavy atom. The number of aryl methyl sites for hydroxylation is 1. The summed E-state index contributed by atoms with van der Waals surface area (Å²) in [6.45, 7) is 0. The minimum absolute atomic E-state index is 0.0817. The lowest BCUT2D eigenvalue weighted by atomic mass is 9.91. The van der Waals surface area contributed by atoms with E-state index in [1.54, 1.807) is 18.2 Å². The zero-order chi connectivity index (χ0) is 16.9. The fourth-order valence-corrected chi connectivity index (χ4v) is 3.00. The van der Waals surface area contributed by atoms with E-state index in [2.05, 4.69) is 4.76 Å². The van der Waals surface area contributed by atoms with Gasteiger partial charge in [0.25, 0.3) is 0 Å². The monoisotopic (exact) mass is 337 g/mol. The summed E-state index contributed by atoms with van der Waals surface area (Å²) in [6, 6.07) is 7.02. The summed E-state index contributed by atoms with van der Waals surface area (Å²) in [6.07, 6.45) is 7.59. The molecule has 0 spiro atoms. The lowest BCUT2D eigenvalue weighted by molar-refractivity contribution is 0.374. The summed E-state index contributed by atoms with van der Waals surface area (Å²) in [7, 11) is -4.48. The Balaban J connectivity index is 1.89. The van der Waals surface area contributed by atoms with Crippen LogP contribution in [0.2, 0.25) is 0 Å². The number of hydrogen-bond acceptors (Lipinski definition) is 3. The molecule has 0 aromatic heterocycles. The van der Waals surface area contributed by atoms with E-state index >= 15 is 0 Å². The number of unbranched alkanes of at least 4 members (excludes halogenated alkanes) is 1. The number of benzene rings is 1. The normalized spacial score (nSPS) is 19.8. The summed E-state index contributed by atoms with van der Waals surface area (Å²) < 4.78 is 14.5.